The molecule has 1 heterocycles. The molecule has 0 saturated carbocycles. The van der Waals surface area contributed by atoms with Crippen molar-refractivity contribution in [3.8, 4) is 22.8 Å². The lowest BCUT2D eigenvalue weighted by Crippen LogP contribution is -1.97. The summed E-state index contributed by atoms with van der Waals surface area (Å²) in [7, 11) is 4.78. The van der Waals surface area contributed by atoms with Gasteiger partial charge < -0.3 is 24.5 Å². The highest BCUT2D eigenvalue weighted by Crippen LogP contribution is 2.39. The lowest BCUT2D eigenvalue weighted by Gasteiger charge is -2.13. The minimum absolute atomic E-state index is 0.244. The average Bonchev–Trinajstić information content (AvgIpc) is 2.84. The quantitative estimate of drug-likeness (QED) is 0.890. The van der Waals surface area contributed by atoms with E-state index in [-0.39, 0.29) is 5.88 Å². The first kappa shape index (κ1) is 13.2. The molecule has 0 radical (unpaired) electrons. The zero-order valence-electron chi connectivity index (χ0n) is 11.1. The summed E-state index contributed by atoms with van der Waals surface area (Å²) in [4.78, 5) is 0. The molecular weight excluding hydrogens is 248 g/mol. The average molecular weight is 264 g/mol. The summed E-state index contributed by atoms with van der Waals surface area (Å²) in [5, 5.41) is 3.89. The van der Waals surface area contributed by atoms with Crippen molar-refractivity contribution >= 4 is 5.88 Å². The van der Waals surface area contributed by atoms with Crippen LogP contribution in [0.5, 0.6) is 11.5 Å². The van der Waals surface area contributed by atoms with Gasteiger partial charge in [-0.05, 0) is 17.7 Å². The Labute approximate surface area is 111 Å². The summed E-state index contributed by atoms with van der Waals surface area (Å²) in [6.07, 6.45) is 0. The second-order valence-electron chi connectivity index (χ2n) is 3.93. The van der Waals surface area contributed by atoms with Gasteiger partial charge in [0, 0.05) is 13.2 Å². The van der Waals surface area contributed by atoms with Crippen LogP contribution in [0.4, 0.5) is 5.88 Å². The summed E-state index contributed by atoms with van der Waals surface area (Å²) < 4.78 is 20.7. The van der Waals surface area contributed by atoms with Crippen LogP contribution in [-0.4, -0.2) is 26.5 Å². The molecule has 0 amide bonds. The minimum atomic E-state index is 0.244. The number of nitrogen functional groups attached to an aromatic ring is 1. The molecule has 6 nitrogen and oxygen atoms in total. The van der Waals surface area contributed by atoms with Crippen LogP contribution < -0.4 is 15.2 Å². The Kier molecular flexibility index (Phi) is 3.91. The predicted octanol–water partition coefficient (Wildman–Crippen LogP) is 2.09. The van der Waals surface area contributed by atoms with E-state index < -0.39 is 0 Å². The zero-order valence-corrected chi connectivity index (χ0v) is 11.1. The van der Waals surface area contributed by atoms with E-state index in [4.69, 9.17) is 24.5 Å². The first-order valence-corrected chi connectivity index (χ1v) is 5.66. The molecule has 6 heteroatoms. The standard InChI is InChI=1S/C13H16N2O4/c1-16-7-8-4-9(10-6-12(14)19-15-10)13(18-3)11(5-8)17-2/h4-6H,7,14H2,1-3H3. The Balaban J connectivity index is 2.58. The van der Waals surface area contributed by atoms with Gasteiger partial charge in [-0.3, -0.25) is 0 Å². The second kappa shape index (κ2) is 5.62. The lowest BCUT2D eigenvalue weighted by atomic mass is 10.1. The number of anilines is 1. The fraction of sp³-hybridized carbons (Fsp3) is 0.308. The predicted molar refractivity (Wildman–Crippen MR) is 70.2 cm³/mol. The maximum Gasteiger partial charge on any atom is 0.222 e. The Hall–Kier alpha value is -2.21. The molecular formula is C13H16N2O4. The summed E-state index contributed by atoms with van der Waals surface area (Å²) >= 11 is 0. The lowest BCUT2D eigenvalue weighted by molar-refractivity contribution is 0.184. The molecule has 2 rings (SSSR count). The molecule has 19 heavy (non-hydrogen) atoms. The molecule has 0 bridgehead atoms. The summed E-state index contributed by atoms with van der Waals surface area (Å²) in [6.45, 7) is 0.459. The molecule has 2 N–H and O–H groups in total. The highest BCUT2D eigenvalue weighted by atomic mass is 16.5. The van der Waals surface area contributed by atoms with E-state index in [0.29, 0.717) is 23.8 Å². The van der Waals surface area contributed by atoms with Crippen molar-refractivity contribution in [1.29, 1.82) is 0 Å². The van der Waals surface area contributed by atoms with E-state index in [1.165, 1.54) is 0 Å². The van der Waals surface area contributed by atoms with E-state index in [1.54, 1.807) is 27.4 Å². The van der Waals surface area contributed by atoms with Gasteiger partial charge in [0.05, 0.1) is 26.4 Å². The maximum atomic E-state index is 5.55. The topological polar surface area (TPSA) is 79.7 Å². The number of hydrogen-bond donors (Lipinski definition) is 1. The smallest absolute Gasteiger partial charge is 0.222 e. The molecule has 0 aliphatic heterocycles. The first-order chi connectivity index (χ1) is 9.19. The number of rotatable bonds is 5. The molecule has 0 aliphatic carbocycles. The van der Waals surface area contributed by atoms with Crippen molar-refractivity contribution in [3.63, 3.8) is 0 Å². The molecule has 0 spiro atoms. The van der Waals surface area contributed by atoms with Crippen LogP contribution in [0.15, 0.2) is 22.7 Å². The van der Waals surface area contributed by atoms with E-state index >= 15 is 0 Å². The van der Waals surface area contributed by atoms with Gasteiger partial charge in [0.15, 0.2) is 11.5 Å². The van der Waals surface area contributed by atoms with Crippen LogP contribution in [0.1, 0.15) is 5.56 Å². The molecule has 1 aromatic carbocycles. The number of aromatic nitrogens is 1. The molecule has 1 aromatic heterocycles. The van der Waals surface area contributed by atoms with E-state index in [9.17, 15) is 0 Å². The van der Waals surface area contributed by atoms with Crippen LogP contribution in [0, 0.1) is 0 Å². The largest absolute Gasteiger partial charge is 0.493 e. The van der Waals surface area contributed by atoms with Gasteiger partial charge in [0.1, 0.15) is 5.69 Å². The number of nitrogens with zero attached hydrogens (tertiary/aromatic N) is 1. The Morgan fingerprint density at radius 1 is 1.16 bits per heavy atom. The van der Waals surface area contributed by atoms with Crippen LogP contribution in [-0.2, 0) is 11.3 Å². The number of ether oxygens (including phenoxy) is 3. The first-order valence-electron chi connectivity index (χ1n) is 5.66. The van der Waals surface area contributed by atoms with Gasteiger partial charge in [-0.15, -0.1) is 0 Å². The fourth-order valence-corrected chi connectivity index (χ4v) is 1.88. The van der Waals surface area contributed by atoms with Gasteiger partial charge in [0.2, 0.25) is 5.88 Å². The number of hydrogen-bond acceptors (Lipinski definition) is 6. The number of methoxy groups -OCH3 is 3. The van der Waals surface area contributed by atoms with Crippen molar-refractivity contribution < 1.29 is 18.7 Å². The summed E-state index contributed by atoms with van der Waals surface area (Å²) in [6, 6.07) is 5.39. The van der Waals surface area contributed by atoms with Crippen LogP contribution in [0.3, 0.4) is 0 Å². The summed E-state index contributed by atoms with van der Waals surface area (Å²) in [5.41, 5.74) is 7.82. The van der Waals surface area contributed by atoms with Crippen LogP contribution in [0.25, 0.3) is 11.3 Å². The van der Waals surface area contributed by atoms with E-state index in [1.807, 2.05) is 12.1 Å². The Morgan fingerprint density at radius 3 is 2.47 bits per heavy atom. The van der Waals surface area contributed by atoms with Gasteiger partial charge in [-0.1, -0.05) is 5.16 Å². The highest BCUT2D eigenvalue weighted by Gasteiger charge is 2.17. The van der Waals surface area contributed by atoms with Crippen molar-refractivity contribution in [2.45, 2.75) is 6.61 Å². The molecule has 0 aliphatic rings. The van der Waals surface area contributed by atoms with Gasteiger partial charge in [0.25, 0.3) is 0 Å². The summed E-state index contributed by atoms with van der Waals surface area (Å²) in [5.74, 6) is 1.43. The Bertz CT molecular complexity index is 566. The monoisotopic (exact) mass is 264 g/mol. The highest BCUT2D eigenvalue weighted by molar-refractivity contribution is 5.73. The molecule has 0 saturated heterocycles. The normalized spacial score (nSPS) is 10.5. The van der Waals surface area contributed by atoms with Crippen LogP contribution >= 0.6 is 0 Å². The third-order valence-electron chi connectivity index (χ3n) is 2.65. The maximum absolute atomic E-state index is 5.55. The molecule has 0 fully saturated rings. The van der Waals surface area contributed by atoms with Crippen LogP contribution in [0.2, 0.25) is 0 Å². The SMILES string of the molecule is COCc1cc(OC)c(OC)c(-c2cc(N)on2)c1. The number of nitrogens with two attached hydrogens (primary N) is 1. The van der Waals surface area contributed by atoms with E-state index in [0.717, 1.165) is 11.1 Å². The van der Waals surface area contributed by atoms with Crippen molar-refractivity contribution in [3.05, 3.63) is 23.8 Å². The van der Waals surface area contributed by atoms with Gasteiger partial charge in [-0.2, -0.15) is 0 Å². The third-order valence-corrected chi connectivity index (χ3v) is 2.65. The second-order valence-corrected chi connectivity index (χ2v) is 3.93. The van der Waals surface area contributed by atoms with Gasteiger partial charge in [-0.25, -0.2) is 0 Å². The number of benzene rings is 1. The third kappa shape index (κ3) is 2.63. The van der Waals surface area contributed by atoms with Crippen molar-refractivity contribution in [2.75, 3.05) is 27.1 Å². The minimum Gasteiger partial charge on any atom is -0.493 e. The molecule has 102 valence electrons. The van der Waals surface area contributed by atoms with Crippen molar-refractivity contribution in [1.82, 2.24) is 5.16 Å². The van der Waals surface area contributed by atoms with E-state index in [2.05, 4.69) is 5.16 Å². The zero-order chi connectivity index (χ0) is 13.8. The molecule has 0 unspecified atom stereocenters. The Morgan fingerprint density at radius 2 is 1.95 bits per heavy atom. The van der Waals surface area contributed by atoms with Gasteiger partial charge >= 0.3 is 0 Å². The molecule has 2 aromatic rings. The van der Waals surface area contributed by atoms with Crippen molar-refractivity contribution in [2.24, 2.45) is 0 Å². The molecule has 0 atom stereocenters. The fourth-order valence-electron chi connectivity index (χ4n) is 1.88.